The predicted molar refractivity (Wildman–Crippen MR) is 139 cm³/mol. The van der Waals surface area contributed by atoms with Crippen molar-refractivity contribution in [3.05, 3.63) is 137 Å². The highest BCUT2D eigenvalue weighted by atomic mass is 35.5. The Kier molecular flexibility index (Phi) is 7.74. The average molecular weight is 469 g/mol. The second kappa shape index (κ2) is 11.3. The van der Waals surface area contributed by atoms with Gasteiger partial charge < -0.3 is 10.1 Å². The first-order valence-electron chi connectivity index (χ1n) is 11.0. The highest BCUT2D eigenvalue weighted by molar-refractivity contribution is 6.33. The van der Waals surface area contributed by atoms with E-state index in [4.69, 9.17) is 21.3 Å². The van der Waals surface area contributed by atoms with E-state index >= 15 is 0 Å². The summed E-state index contributed by atoms with van der Waals surface area (Å²) in [6.45, 7) is 0. The number of aliphatic imine (C=N–C) groups is 1. The molecule has 0 fully saturated rings. The van der Waals surface area contributed by atoms with Gasteiger partial charge in [0.15, 0.2) is 6.04 Å². The Bertz CT molecular complexity index is 1200. The quantitative estimate of drug-likeness (QED) is 0.235. The normalized spacial score (nSPS) is 12.3. The first-order valence-corrected chi connectivity index (χ1v) is 11.4. The number of hydrogen-bond acceptors (Lipinski definition) is 4. The fourth-order valence-electron chi connectivity index (χ4n) is 3.78. The van der Waals surface area contributed by atoms with Crippen molar-refractivity contribution in [2.45, 2.75) is 12.1 Å². The van der Waals surface area contributed by atoms with Crippen LogP contribution in [-0.2, 0) is 9.53 Å². The van der Waals surface area contributed by atoms with Crippen LogP contribution in [0.4, 0.5) is 5.69 Å². The molecule has 0 heterocycles. The largest absolute Gasteiger partial charge is 0.467 e. The molecule has 0 unspecified atom stereocenters. The standard InChI is InChI=1S/C29H25ClN2O2/c1-34-29(33)28(32-26(21-13-5-2-6-14-21)22-15-7-3-8-16-22)27(23-17-9-4-10-18-23)31-25-20-12-11-19-24(25)30/h2-20,27-28,31H,1H3/t27-,28+/m1/s1. The van der Waals surface area contributed by atoms with Crippen molar-refractivity contribution < 1.29 is 9.53 Å². The lowest BCUT2D eigenvalue weighted by atomic mass is 9.97. The number of carbonyl (C=O) groups is 1. The van der Waals surface area contributed by atoms with Crippen LogP contribution in [0.2, 0.25) is 5.02 Å². The summed E-state index contributed by atoms with van der Waals surface area (Å²) < 4.78 is 5.24. The molecule has 170 valence electrons. The molecule has 0 aliphatic rings. The van der Waals surface area contributed by atoms with Gasteiger partial charge in [-0.3, -0.25) is 4.99 Å². The molecular weight excluding hydrogens is 444 g/mol. The van der Waals surface area contributed by atoms with E-state index in [1.54, 1.807) is 0 Å². The Morgan fingerprint density at radius 3 is 1.79 bits per heavy atom. The Labute approximate surface area is 204 Å². The van der Waals surface area contributed by atoms with Crippen LogP contribution in [0.1, 0.15) is 22.7 Å². The van der Waals surface area contributed by atoms with Crippen molar-refractivity contribution in [1.82, 2.24) is 0 Å². The van der Waals surface area contributed by atoms with Gasteiger partial charge in [0, 0.05) is 11.1 Å². The highest BCUT2D eigenvalue weighted by Crippen LogP contribution is 2.30. The minimum absolute atomic E-state index is 0.447. The number of carbonyl (C=O) groups excluding carboxylic acids is 1. The molecule has 5 heteroatoms. The fraction of sp³-hybridized carbons (Fsp3) is 0.103. The lowest BCUT2D eigenvalue weighted by molar-refractivity contribution is -0.142. The summed E-state index contributed by atoms with van der Waals surface area (Å²) in [7, 11) is 1.38. The van der Waals surface area contributed by atoms with E-state index in [1.165, 1.54) is 7.11 Å². The third-order valence-electron chi connectivity index (χ3n) is 5.46. The summed E-state index contributed by atoms with van der Waals surface area (Å²) in [5, 5.41) is 4.01. The van der Waals surface area contributed by atoms with E-state index in [1.807, 2.05) is 115 Å². The van der Waals surface area contributed by atoms with Crippen molar-refractivity contribution >= 4 is 29.0 Å². The molecule has 0 bridgehead atoms. The van der Waals surface area contributed by atoms with Gasteiger partial charge in [0.2, 0.25) is 0 Å². The maximum Gasteiger partial charge on any atom is 0.333 e. The number of hydrogen-bond donors (Lipinski definition) is 1. The molecule has 4 aromatic rings. The number of anilines is 1. The second-order valence-corrected chi connectivity index (χ2v) is 8.10. The molecule has 4 aromatic carbocycles. The lowest BCUT2D eigenvalue weighted by Gasteiger charge is -2.26. The number of nitrogens with zero attached hydrogens (tertiary/aromatic N) is 1. The average Bonchev–Trinajstić information content (AvgIpc) is 2.90. The summed E-state index contributed by atoms with van der Waals surface area (Å²) in [6.07, 6.45) is 0. The summed E-state index contributed by atoms with van der Waals surface area (Å²) in [6, 6.07) is 35.5. The Balaban J connectivity index is 1.88. The first-order chi connectivity index (χ1) is 16.7. The molecule has 1 N–H and O–H groups in total. The van der Waals surface area contributed by atoms with Gasteiger partial charge in [-0.1, -0.05) is 115 Å². The zero-order valence-corrected chi connectivity index (χ0v) is 19.5. The summed E-state index contributed by atoms with van der Waals surface area (Å²) in [4.78, 5) is 18.2. The molecule has 0 spiro atoms. The van der Waals surface area contributed by atoms with Crippen molar-refractivity contribution in [3.63, 3.8) is 0 Å². The molecule has 0 amide bonds. The number of nitrogens with one attached hydrogen (secondary N) is 1. The van der Waals surface area contributed by atoms with Crippen LogP contribution in [-0.4, -0.2) is 24.8 Å². The maximum atomic E-state index is 13.2. The van der Waals surface area contributed by atoms with E-state index in [9.17, 15) is 4.79 Å². The summed E-state index contributed by atoms with van der Waals surface area (Å²) >= 11 is 6.46. The maximum absolute atomic E-state index is 13.2. The summed E-state index contributed by atoms with van der Waals surface area (Å²) in [5.41, 5.74) is 4.13. The van der Waals surface area contributed by atoms with Gasteiger partial charge in [0.25, 0.3) is 0 Å². The van der Waals surface area contributed by atoms with Gasteiger partial charge in [-0.25, -0.2) is 4.79 Å². The molecule has 0 aliphatic heterocycles. The van der Waals surface area contributed by atoms with Crippen molar-refractivity contribution in [1.29, 1.82) is 0 Å². The monoisotopic (exact) mass is 468 g/mol. The zero-order valence-electron chi connectivity index (χ0n) is 18.8. The molecule has 0 saturated carbocycles. The molecular formula is C29H25ClN2O2. The van der Waals surface area contributed by atoms with Gasteiger partial charge in [-0.05, 0) is 17.7 Å². The molecule has 4 rings (SSSR count). The van der Waals surface area contributed by atoms with E-state index in [0.717, 1.165) is 16.7 Å². The molecule has 4 nitrogen and oxygen atoms in total. The van der Waals surface area contributed by atoms with Crippen LogP contribution >= 0.6 is 11.6 Å². The van der Waals surface area contributed by atoms with Gasteiger partial charge in [0.1, 0.15) is 0 Å². The van der Waals surface area contributed by atoms with Crippen molar-refractivity contribution in [2.24, 2.45) is 4.99 Å². The number of rotatable bonds is 8. The van der Waals surface area contributed by atoms with E-state index < -0.39 is 18.1 Å². The highest BCUT2D eigenvalue weighted by Gasteiger charge is 2.31. The smallest absolute Gasteiger partial charge is 0.333 e. The van der Waals surface area contributed by atoms with Crippen LogP contribution in [0.15, 0.2) is 120 Å². The number of ether oxygens (including phenoxy) is 1. The predicted octanol–water partition coefficient (Wildman–Crippen LogP) is 6.57. The summed E-state index contributed by atoms with van der Waals surface area (Å²) in [5.74, 6) is -0.447. The number of halogens is 1. The topological polar surface area (TPSA) is 50.7 Å². The Morgan fingerprint density at radius 2 is 1.26 bits per heavy atom. The molecule has 0 aromatic heterocycles. The molecule has 2 atom stereocenters. The zero-order chi connectivity index (χ0) is 23.8. The lowest BCUT2D eigenvalue weighted by Crippen LogP contribution is -2.34. The minimum Gasteiger partial charge on any atom is -0.467 e. The number of benzene rings is 4. The van der Waals surface area contributed by atoms with Gasteiger partial charge in [-0.2, -0.15) is 0 Å². The Morgan fingerprint density at radius 1 is 0.765 bits per heavy atom. The van der Waals surface area contributed by atoms with Crippen LogP contribution in [0.3, 0.4) is 0 Å². The molecule has 0 saturated heterocycles. The van der Waals surface area contributed by atoms with Crippen LogP contribution in [0, 0.1) is 0 Å². The van der Waals surface area contributed by atoms with Crippen LogP contribution < -0.4 is 5.32 Å². The number of para-hydroxylation sites is 1. The van der Waals surface area contributed by atoms with Crippen molar-refractivity contribution in [3.8, 4) is 0 Å². The fourth-order valence-corrected chi connectivity index (χ4v) is 3.97. The van der Waals surface area contributed by atoms with Gasteiger partial charge in [-0.15, -0.1) is 0 Å². The van der Waals surface area contributed by atoms with Gasteiger partial charge >= 0.3 is 5.97 Å². The molecule has 34 heavy (non-hydrogen) atoms. The van der Waals surface area contributed by atoms with Crippen LogP contribution in [0.5, 0.6) is 0 Å². The van der Waals surface area contributed by atoms with E-state index in [-0.39, 0.29) is 0 Å². The van der Waals surface area contributed by atoms with E-state index in [0.29, 0.717) is 16.4 Å². The van der Waals surface area contributed by atoms with Crippen LogP contribution in [0.25, 0.3) is 0 Å². The third-order valence-corrected chi connectivity index (χ3v) is 5.79. The van der Waals surface area contributed by atoms with E-state index in [2.05, 4.69) is 5.32 Å². The van der Waals surface area contributed by atoms with Crippen molar-refractivity contribution in [2.75, 3.05) is 12.4 Å². The van der Waals surface area contributed by atoms with Gasteiger partial charge in [0.05, 0.1) is 29.6 Å². The second-order valence-electron chi connectivity index (χ2n) is 7.69. The number of methoxy groups -OCH3 is 1. The molecule has 0 radical (unpaired) electrons. The Hall–Kier alpha value is -3.89. The number of esters is 1. The third kappa shape index (κ3) is 5.53. The molecule has 0 aliphatic carbocycles. The minimum atomic E-state index is -0.876. The first kappa shape index (κ1) is 23.3. The SMILES string of the molecule is COC(=O)[C@@H](N=C(c1ccccc1)c1ccccc1)[C@H](Nc1ccccc1Cl)c1ccccc1.